The zero-order valence-corrected chi connectivity index (χ0v) is 13.3. The Morgan fingerprint density at radius 3 is 2.47 bits per heavy atom. The zero-order valence-electron chi connectivity index (χ0n) is 10.1. The molecule has 0 aromatic heterocycles. The second-order valence-corrected chi connectivity index (χ2v) is 6.58. The molecule has 2 rings (SSSR count). The number of hydrogen-bond acceptors (Lipinski definition) is 1. The van der Waals surface area contributed by atoms with Gasteiger partial charge in [-0.25, -0.2) is 0 Å². The molecule has 0 spiro atoms. The highest BCUT2D eigenvalue weighted by Gasteiger charge is 2.45. The Kier molecular flexibility index (Phi) is 4.82. The van der Waals surface area contributed by atoms with Crippen molar-refractivity contribution in [3.63, 3.8) is 0 Å². The largest absolute Gasteiger partial charge is 0.393 e. The van der Waals surface area contributed by atoms with E-state index in [1.165, 1.54) is 0 Å². The molecule has 1 fully saturated rings. The SMILES string of the molecule is FC(F)(F)C1CCCCC1Nc1cc(Br)ccc1Br. The average Bonchev–Trinajstić information content (AvgIpc) is 2.33. The Labute approximate surface area is 127 Å². The number of rotatable bonds is 2. The van der Waals surface area contributed by atoms with Crippen LogP contribution in [0.4, 0.5) is 18.9 Å². The van der Waals surface area contributed by atoms with Crippen molar-refractivity contribution in [3.05, 3.63) is 27.1 Å². The van der Waals surface area contributed by atoms with Crippen LogP contribution in [0.5, 0.6) is 0 Å². The van der Waals surface area contributed by atoms with Crippen molar-refractivity contribution in [2.75, 3.05) is 5.32 Å². The fourth-order valence-electron chi connectivity index (χ4n) is 2.50. The molecule has 6 heteroatoms. The van der Waals surface area contributed by atoms with Gasteiger partial charge in [0.25, 0.3) is 0 Å². The minimum Gasteiger partial charge on any atom is -0.381 e. The van der Waals surface area contributed by atoms with Crippen LogP contribution in [0.1, 0.15) is 25.7 Å². The smallest absolute Gasteiger partial charge is 0.381 e. The van der Waals surface area contributed by atoms with Gasteiger partial charge in [0.15, 0.2) is 0 Å². The normalized spacial score (nSPS) is 24.3. The van der Waals surface area contributed by atoms with Gasteiger partial charge in [-0.1, -0.05) is 28.8 Å². The zero-order chi connectivity index (χ0) is 14.0. The molecule has 0 bridgehead atoms. The van der Waals surface area contributed by atoms with Gasteiger partial charge < -0.3 is 5.32 Å². The number of halogens is 5. The van der Waals surface area contributed by atoms with Crippen LogP contribution >= 0.6 is 31.9 Å². The average molecular weight is 401 g/mol. The van der Waals surface area contributed by atoms with Crippen molar-refractivity contribution in [1.29, 1.82) is 0 Å². The Morgan fingerprint density at radius 2 is 1.79 bits per heavy atom. The lowest BCUT2D eigenvalue weighted by Gasteiger charge is -2.34. The molecule has 1 aromatic rings. The monoisotopic (exact) mass is 399 g/mol. The van der Waals surface area contributed by atoms with Crippen LogP contribution in [0.3, 0.4) is 0 Å². The van der Waals surface area contributed by atoms with E-state index in [1.807, 2.05) is 12.1 Å². The molecule has 1 aliphatic rings. The van der Waals surface area contributed by atoms with Crippen LogP contribution in [-0.2, 0) is 0 Å². The summed E-state index contributed by atoms with van der Waals surface area (Å²) in [6, 6.07) is 4.92. The summed E-state index contributed by atoms with van der Waals surface area (Å²) in [5.74, 6) is -1.26. The molecule has 0 saturated heterocycles. The van der Waals surface area contributed by atoms with Gasteiger partial charge in [0.05, 0.1) is 5.92 Å². The maximum Gasteiger partial charge on any atom is 0.393 e. The van der Waals surface area contributed by atoms with Gasteiger partial charge >= 0.3 is 6.18 Å². The topological polar surface area (TPSA) is 12.0 Å². The molecule has 19 heavy (non-hydrogen) atoms. The number of alkyl halides is 3. The number of hydrogen-bond donors (Lipinski definition) is 1. The number of nitrogens with one attached hydrogen (secondary N) is 1. The lowest BCUT2D eigenvalue weighted by molar-refractivity contribution is -0.184. The summed E-state index contributed by atoms with van der Waals surface area (Å²) in [6.07, 6.45) is -1.86. The maximum absolute atomic E-state index is 13.0. The maximum atomic E-state index is 13.0. The summed E-state index contributed by atoms with van der Waals surface area (Å²) < 4.78 is 40.7. The van der Waals surface area contributed by atoms with E-state index < -0.39 is 18.1 Å². The molecule has 0 amide bonds. The highest BCUT2D eigenvalue weighted by Crippen LogP contribution is 2.40. The Balaban J connectivity index is 2.17. The lowest BCUT2D eigenvalue weighted by Crippen LogP contribution is -2.41. The highest BCUT2D eigenvalue weighted by molar-refractivity contribution is 9.11. The summed E-state index contributed by atoms with van der Waals surface area (Å²) in [4.78, 5) is 0. The van der Waals surface area contributed by atoms with E-state index in [-0.39, 0.29) is 6.42 Å². The van der Waals surface area contributed by atoms with Crippen molar-refractivity contribution in [1.82, 2.24) is 0 Å². The second-order valence-electron chi connectivity index (χ2n) is 4.81. The van der Waals surface area contributed by atoms with Crippen molar-refractivity contribution < 1.29 is 13.2 Å². The van der Waals surface area contributed by atoms with Crippen LogP contribution in [0.15, 0.2) is 27.1 Å². The van der Waals surface area contributed by atoms with Crippen LogP contribution < -0.4 is 5.32 Å². The molecule has 1 aromatic carbocycles. The van der Waals surface area contributed by atoms with E-state index in [0.29, 0.717) is 18.5 Å². The second kappa shape index (κ2) is 6.04. The van der Waals surface area contributed by atoms with Crippen molar-refractivity contribution in [2.45, 2.75) is 37.9 Å². The molecule has 0 aliphatic heterocycles. The van der Waals surface area contributed by atoms with E-state index in [4.69, 9.17) is 0 Å². The van der Waals surface area contributed by atoms with Crippen LogP contribution in [0.25, 0.3) is 0 Å². The molecular weight excluding hydrogens is 387 g/mol. The summed E-state index contributed by atoms with van der Waals surface area (Å²) in [5.41, 5.74) is 0.704. The first-order valence-electron chi connectivity index (χ1n) is 6.16. The third kappa shape index (κ3) is 3.88. The standard InChI is InChI=1S/C13H14Br2F3N/c14-8-5-6-10(15)12(7-8)19-11-4-2-1-3-9(11)13(16,17)18/h5-7,9,11,19H,1-4H2. The van der Waals surface area contributed by atoms with Crippen LogP contribution in [0.2, 0.25) is 0 Å². The van der Waals surface area contributed by atoms with Crippen molar-refractivity contribution >= 4 is 37.5 Å². The Morgan fingerprint density at radius 1 is 1.11 bits per heavy atom. The van der Waals surface area contributed by atoms with Crippen molar-refractivity contribution in [3.8, 4) is 0 Å². The summed E-state index contributed by atoms with van der Waals surface area (Å²) in [6.45, 7) is 0. The van der Waals surface area contributed by atoms with Crippen LogP contribution in [0, 0.1) is 5.92 Å². The summed E-state index contributed by atoms with van der Waals surface area (Å²) in [7, 11) is 0. The summed E-state index contributed by atoms with van der Waals surface area (Å²) >= 11 is 6.70. The van der Waals surface area contributed by atoms with E-state index in [9.17, 15) is 13.2 Å². The Bertz CT molecular complexity index is 448. The van der Waals surface area contributed by atoms with Gasteiger partial charge in [0, 0.05) is 20.7 Å². The first kappa shape index (κ1) is 15.2. The molecule has 1 N–H and O–H groups in total. The molecule has 0 heterocycles. The Hall–Kier alpha value is -0.230. The minimum absolute atomic E-state index is 0.215. The molecule has 0 radical (unpaired) electrons. The summed E-state index contributed by atoms with van der Waals surface area (Å²) in [5, 5.41) is 3.05. The third-order valence-electron chi connectivity index (χ3n) is 3.46. The van der Waals surface area contributed by atoms with Gasteiger partial charge in [0.2, 0.25) is 0 Å². The van der Waals surface area contributed by atoms with Crippen molar-refractivity contribution in [2.24, 2.45) is 5.92 Å². The van der Waals surface area contributed by atoms with Crippen LogP contribution in [-0.4, -0.2) is 12.2 Å². The molecule has 106 valence electrons. The van der Waals surface area contributed by atoms with Gasteiger partial charge in [-0.2, -0.15) is 13.2 Å². The van der Waals surface area contributed by atoms with E-state index in [1.54, 1.807) is 6.07 Å². The molecule has 1 saturated carbocycles. The lowest BCUT2D eigenvalue weighted by atomic mass is 9.84. The molecule has 1 aliphatic carbocycles. The first-order valence-corrected chi connectivity index (χ1v) is 7.75. The van der Waals surface area contributed by atoms with E-state index in [2.05, 4.69) is 37.2 Å². The third-order valence-corrected chi connectivity index (χ3v) is 4.64. The van der Waals surface area contributed by atoms with E-state index in [0.717, 1.165) is 15.4 Å². The van der Waals surface area contributed by atoms with E-state index >= 15 is 0 Å². The number of benzene rings is 1. The highest BCUT2D eigenvalue weighted by atomic mass is 79.9. The molecular formula is C13H14Br2F3N. The molecule has 2 atom stereocenters. The van der Waals surface area contributed by atoms with Gasteiger partial charge in [-0.3, -0.25) is 0 Å². The predicted molar refractivity (Wildman–Crippen MR) is 77.3 cm³/mol. The first-order chi connectivity index (χ1) is 8.88. The molecule has 2 unspecified atom stereocenters. The van der Waals surface area contributed by atoms with Gasteiger partial charge in [-0.05, 0) is 47.0 Å². The predicted octanol–water partition coefficient (Wildman–Crippen LogP) is 5.74. The fraction of sp³-hybridized carbons (Fsp3) is 0.538. The number of anilines is 1. The van der Waals surface area contributed by atoms with Gasteiger partial charge in [-0.15, -0.1) is 0 Å². The molecule has 1 nitrogen and oxygen atoms in total. The van der Waals surface area contributed by atoms with Gasteiger partial charge in [0.1, 0.15) is 0 Å². The fourth-order valence-corrected chi connectivity index (χ4v) is 3.23. The quantitative estimate of drug-likeness (QED) is 0.666. The minimum atomic E-state index is -4.13.